The normalized spacial score (nSPS) is 9.91. The third-order valence-electron chi connectivity index (χ3n) is 2.98. The summed E-state index contributed by atoms with van der Waals surface area (Å²) in [4.78, 5) is 12.2. The van der Waals surface area contributed by atoms with Crippen LogP contribution in [-0.2, 0) is 6.54 Å². The second-order valence-corrected chi connectivity index (χ2v) is 5.24. The molecular formula is C16H15ClN2O2S. The van der Waals surface area contributed by atoms with Crippen molar-refractivity contribution >= 4 is 34.8 Å². The van der Waals surface area contributed by atoms with Gasteiger partial charge in [0.1, 0.15) is 5.75 Å². The topological polar surface area (TPSA) is 50.4 Å². The van der Waals surface area contributed by atoms with Gasteiger partial charge in [-0.25, -0.2) is 0 Å². The fraction of sp³-hybridized carbons (Fsp3) is 0.125. The molecular weight excluding hydrogens is 320 g/mol. The minimum absolute atomic E-state index is 0.232. The summed E-state index contributed by atoms with van der Waals surface area (Å²) in [6, 6.07) is 14.4. The number of nitrogens with one attached hydrogen (secondary N) is 2. The summed E-state index contributed by atoms with van der Waals surface area (Å²) in [7, 11) is 1.51. The maximum atomic E-state index is 12.2. The molecule has 0 aliphatic carbocycles. The van der Waals surface area contributed by atoms with Gasteiger partial charge >= 0.3 is 0 Å². The van der Waals surface area contributed by atoms with Crippen LogP contribution in [0.4, 0.5) is 0 Å². The molecule has 2 N–H and O–H groups in total. The van der Waals surface area contributed by atoms with Crippen molar-refractivity contribution in [3.63, 3.8) is 0 Å². The van der Waals surface area contributed by atoms with E-state index in [9.17, 15) is 4.79 Å². The molecule has 6 heteroatoms. The average Bonchev–Trinajstić information content (AvgIpc) is 2.54. The van der Waals surface area contributed by atoms with Gasteiger partial charge < -0.3 is 10.1 Å². The molecule has 2 rings (SSSR count). The lowest BCUT2D eigenvalue weighted by atomic mass is 10.2. The highest BCUT2D eigenvalue weighted by Gasteiger charge is 2.12. The van der Waals surface area contributed by atoms with Gasteiger partial charge in [-0.05, 0) is 36.0 Å². The quantitative estimate of drug-likeness (QED) is 0.843. The molecule has 114 valence electrons. The number of para-hydroxylation sites is 1. The highest BCUT2D eigenvalue weighted by atomic mass is 35.5. The summed E-state index contributed by atoms with van der Waals surface area (Å²) in [6.07, 6.45) is 0. The summed E-state index contributed by atoms with van der Waals surface area (Å²) in [5.41, 5.74) is 1.32. The lowest BCUT2D eigenvalue weighted by molar-refractivity contribution is 0.0973. The highest BCUT2D eigenvalue weighted by Crippen LogP contribution is 2.17. The third-order valence-corrected chi connectivity index (χ3v) is 3.59. The van der Waals surface area contributed by atoms with Gasteiger partial charge in [0.15, 0.2) is 5.11 Å². The number of benzene rings is 2. The van der Waals surface area contributed by atoms with Crippen molar-refractivity contribution < 1.29 is 9.53 Å². The number of hydrogen-bond donors (Lipinski definition) is 2. The fourth-order valence-corrected chi connectivity index (χ4v) is 2.23. The fourth-order valence-electron chi connectivity index (χ4n) is 1.86. The predicted octanol–water partition coefficient (Wildman–Crippen LogP) is 3.15. The molecule has 0 saturated carbocycles. The van der Waals surface area contributed by atoms with Gasteiger partial charge in [0.25, 0.3) is 5.91 Å². The number of ether oxygens (including phenoxy) is 1. The molecule has 4 nitrogen and oxygen atoms in total. The Morgan fingerprint density at radius 2 is 1.86 bits per heavy atom. The van der Waals surface area contributed by atoms with Crippen LogP contribution < -0.4 is 15.4 Å². The number of carbonyl (C=O) groups excluding carboxylic acids is 1. The van der Waals surface area contributed by atoms with E-state index in [1.54, 1.807) is 30.3 Å². The van der Waals surface area contributed by atoms with E-state index in [1.165, 1.54) is 7.11 Å². The predicted molar refractivity (Wildman–Crippen MR) is 91.3 cm³/mol. The molecule has 0 atom stereocenters. The van der Waals surface area contributed by atoms with E-state index in [-0.39, 0.29) is 11.0 Å². The van der Waals surface area contributed by atoms with Crippen LogP contribution in [0.3, 0.4) is 0 Å². The molecule has 2 aromatic rings. The third kappa shape index (κ3) is 4.19. The first-order valence-corrected chi connectivity index (χ1v) is 7.36. The van der Waals surface area contributed by atoms with Crippen molar-refractivity contribution in [3.8, 4) is 5.75 Å². The van der Waals surface area contributed by atoms with Crippen LogP contribution in [0, 0.1) is 0 Å². The van der Waals surface area contributed by atoms with Gasteiger partial charge in [-0.15, -0.1) is 0 Å². The Labute approximate surface area is 139 Å². The Kier molecular flexibility index (Phi) is 5.75. The Morgan fingerprint density at radius 3 is 2.59 bits per heavy atom. The second-order valence-electron chi connectivity index (χ2n) is 4.43. The molecule has 0 aromatic heterocycles. The van der Waals surface area contributed by atoms with Crippen LogP contribution in [0.25, 0.3) is 0 Å². The first-order chi connectivity index (χ1) is 10.6. The molecule has 0 heterocycles. The molecule has 0 unspecified atom stereocenters. The van der Waals surface area contributed by atoms with Crippen LogP contribution in [0.1, 0.15) is 15.9 Å². The molecule has 0 fully saturated rings. The molecule has 0 aliphatic heterocycles. The summed E-state index contributed by atoms with van der Waals surface area (Å²) in [6.45, 7) is 0.435. The molecule has 0 radical (unpaired) electrons. The van der Waals surface area contributed by atoms with E-state index in [0.29, 0.717) is 22.9 Å². The molecule has 1 amide bonds. The Balaban J connectivity index is 1.94. The van der Waals surface area contributed by atoms with Crippen LogP contribution in [0.5, 0.6) is 5.75 Å². The summed E-state index contributed by atoms with van der Waals surface area (Å²) in [5.74, 6) is 0.169. The maximum absolute atomic E-state index is 12.2. The van der Waals surface area contributed by atoms with Crippen LogP contribution in [0.2, 0.25) is 5.02 Å². The van der Waals surface area contributed by atoms with E-state index in [1.807, 2.05) is 18.2 Å². The van der Waals surface area contributed by atoms with Crippen molar-refractivity contribution in [3.05, 3.63) is 64.7 Å². The molecule has 22 heavy (non-hydrogen) atoms. The number of halogens is 1. The van der Waals surface area contributed by atoms with E-state index >= 15 is 0 Å². The van der Waals surface area contributed by atoms with Crippen LogP contribution in [0.15, 0.2) is 48.5 Å². The Hall–Kier alpha value is -2.11. The Morgan fingerprint density at radius 1 is 1.18 bits per heavy atom. The number of carbonyl (C=O) groups is 1. The first-order valence-electron chi connectivity index (χ1n) is 6.57. The number of thiocarbonyl (C=S) groups is 1. The van der Waals surface area contributed by atoms with Crippen molar-refractivity contribution in [2.24, 2.45) is 0 Å². The minimum Gasteiger partial charge on any atom is -0.496 e. The van der Waals surface area contributed by atoms with Crippen molar-refractivity contribution in [1.82, 2.24) is 10.6 Å². The van der Waals surface area contributed by atoms with Gasteiger partial charge in [0, 0.05) is 11.6 Å². The van der Waals surface area contributed by atoms with Gasteiger partial charge in [-0.1, -0.05) is 41.9 Å². The van der Waals surface area contributed by atoms with Gasteiger partial charge in [0.05, 0.1) is 12.7 Å². The van der Waals surface area contributed by atoms with E-state index < -0.39 is 0 Å². The van der Waals surface area contributed by atoms with Crippen molar-refractivity contribution in [2.45, 2.75) is 6.54 Å². The number of methoxy groups -OCH3 is 1. The summed E-state index contributed by atoms with van der Waals surface area (Å²) >= 11 is 11.2. The zero-order valence-corrected chi connectivity index (χ0v) is 13.5. The van der Waals surface area contributed by atoms with Crippen molar-refractivity contribution in [2.75, 3.05) is 7.11 Å². The molecule has 2 aromatic carbocycles. The molecule has 0 saturated heterocycles. The Bertz CT molecular complexity index is 691. The number of hydrogen-bond acceptors (Lipinski definition) is 3. The largest absolute Gasteiger partial charge is 0.496 e. The second kappa shape index (κ2) is 7.77. The monoisotopic (exact) mass is 334 g/mol. The van der Waals surface area contributed by atoms with Crippen LogP contribution >= 0.6 is 23.8 Å². The number of rotatable bonds is 4. The standard InChI is InChI=1S/C16H15ClN2O2S/c1-21-14-9-5-3-7-12(14)15(20)19-16(22)18-10-11-6-2-4-8-13(11)17/h2-9H,10H2,1H3,(H2,18,19,20,22). The van der Waals surface area contributed by atoms with Crippen LogP contribution in [-0.4, -0.2) is 18.1 Å². The zero-order chi connectivity index (χ0) is 15.9. The summed E-state index contributed by atoms with van der Waals surface area (Å²) in [5, 5.41) is 6.45. The van der Waals surface area contributed by atoms with Crippen molar-refractivity contribution in [1.29, 1.82) is 0 Å². The molecule has 0 aliphatic rings. The smallest absolute Gasteiger partial charge is 0.261 e. The highest BCUT2D eigenvalue weighted by molar-refractivity contribution is 7.80. The van der Waals surface area contributed by atoms with Gasteiger partial charge in [0.2, 0.25) is 0 Å². The minimum atomic E-state index is -0.325. The average molecular weight is 335 g/mol. The van der Waals surface area contributed by atoms with E-state index in [2.05, 4.69) is 10.6 Å². The molecule has 0 bridgehead atoms. The first kappa shape index (κ1) is 16.3. The van der Waals surface area contributed by atoms with E-state index in [0.717, 1.165) is 5.56 Å². The summed E-state index contributed by atoms with van der Waals surface area (Å²) < 4.78 is 5.15. The van der Waals surface area contributed by atoms with Gasteiger partial charge in [-0.2, -0.15) is 0 Å². The molecule has 0 spiro atoms. The number of amides is 1. The zero-order valence-electron chi connectivity index (χ0n) is 11.9. The lowest BCUT2D eigenvalue weighted by Crippen LogP contribution is -2.39. The lowest BCUT2D eigenvalue weighted by Gasteiger charge is -2.12. The van der Waals surface area contributed by atoms with Gasteiger partial charge in [-0.3, -0.25) is 10.1 Å². The van der Waals surface area contributed by atoms with E-state index in [4.69, 9.17) is 28.6 Å². The SMILES string of the molecule is COc1ccccc1C(=O)NC(=S)NCc1ccccc1Cl. The maximum Gasteiger partial charge on any atom is 0.261 e.